The summed E-state index contributed by atoms with van der Waals surface area (Å²) in [4.78, 5) is 24.3. The number of rotatable bonds is 3. The lowest BCUT2D eigenvalue weighted by atomic mass is 10.1. The molecule has 0 fully saturated rings. The van der Waals surface area contributed by atoms with Crippen molar-refractivity contribution < 1.29 is 9.18 Å². The number of carbonyl (C=O) groups is 1. The van der Waals surface area contributed by atoms with Crippen molar-refractivity contribution in [3.05, 3.63) is 63.7 Å². The van der Waals surface area contributed by atoms with E-state index in [1.165, 1.54) is 12.1 Å². The zero-order valence-corrected chi connectivity index (χ0v) is 13.8. The average molecular weight is 339 g/mol. The van der Waals surface area contributed by atoms with Gasteiger partial charge in [0.25, 0.3) is 0 Å². The van der Waals surface area contributed by atoms with E-state index in [0.717, 1.165) is 21.7 Å². The maximum absolute atomic E-state index is 13.1. The summed E-state index contributed by atoms with van der Waals surface area (Å²) in [5.41, 5.74) is 2.40. The molecule has 1 aliphatic rings. The van der Waals surface area contributed by atoms with Crippen molar-refractivity contribution in [1.29, 1.82) is 0 Å². The fourth-order valence-electron chi connectivity index (χ4n) is 2.83. The number of hydrogen-bond donors (Lipinski definition) is 0. The number of nitrogens with zero attached hydrogens (tertiary/aromatic N) is 3. The zero-order valence-electron chi connectivity index (χ0n) is 13.0. The number of carbonyl (C=O) groups excluding carboxylic acids is 1. The summed E-state index contributed by atoms with van der Waals surface area (Å²) < 4.78 is 13.1. The maximum atomic E-state index is 13.1. The molecule has 2 aromatic heterocycles. The van der Waals surface area contributed by atoms with Crippen molar-refractivity contribution in [2.75, 3.05) is 4.90 Å². The molecule has 4 rings (SSSR count). The van der Waals surface area contributed by atoms with Gasteiger partial charge in [-0.25, -0.2) is 14.4 Å². The highest BCUT2D eigenvalue weighted by Crippen LogP contribution is 2.32. The maximum Gasteiger partial charge on any atom is 0.233 e. The van der Waals surface area contributed by atoms with Gasteiger partial charge < -0.3 is 0 Å². The summed E-state index contributed by atoms with van der Waals surface area (Å²) in [6.45, 7) is 2.40. The van der Waals surface area contributed by atoms with Gasteiger partial charge in [-0.2, -0.15) is 0 Å². The predicted molar refractivity (Wildman–Crippen MR) is 91.4 cm³/mol. The van der Waals surface area contributed by atoms with Gasteiger partial charge in [0.05, 0.1) is 13.0 Å². The molecule has 1 amide bonds. The van der Waals surface area contributed by atoms with Crippen molar-refractivity contribution in [2.45, 2.75) is 19.9 Å². The fraction of sp³-hybridized carbons (Fsp3) is 0.167. The quantitative estimate of drug-likeness (QED) is 0.730. The molecule has 3 aromatic rings. The standard InChI is InChI=1S/C18H14FN3OS/c1-11-15-9-16(23)22(10-14-3-2-8-24-14)18(15)21-17(20-11)12-4-6-13(19)7-5-12/h2-8H,9-10H2,1H3. The Morgan fingerprint density at radius 3 is 2.71 bits per heavy atom. The third kappa shape index (κ3) is 2.59. The number of aryl methyl sites for hydroxylation is 1. The van der Waals surface area contributed by atoms with Gasteiger partial charge in [0, 0.05) is 21.7 Å². The Labute approximate surface area is 142 Å². The molecule has 0 radical (unpaired) electrons. The topological polar surface area (TPSA) is 46.1 Å². The van der Waals surface area contributed by atoms with Crippen molar-refractivity contribution in [1.82, 2.24) is 9.97 Å². The first-order chi connectivity index (χ1) is 11.6. The van der Waals surface area contributed by atoms with Crippen LogP contribution < -0.4 is 4.90 Å². The highest BCUT2D eigenvalue weighted by molar-refractivity contribution is 7.09. The summed E-state index contributed by atoms with van der Waals surface area (Å²) in [6, 6.07) is 10.0. The Bertz CT molecular complexity index is 907. The molecular formula is C18H14FN3OS. The molecule has 0 bridgehead atoms. The average Bonchev–Trinajstić information content (AvgIpc) is 3.18. The Kier molecular flexibility index (Phi) is 3.61. The van der Waals surface area contributed by atoms with E-state index < -0.39 is 0 Å². The highest BCUT2D eigenvalue weighted by atomic mass is 32.1. The third-order valence-corrected chi connectivity index (χ3v) is 4.93. The molecule has 0 atom stereocenters. The second kappa shape index (κ2) is 5.79. The van der Waals surface area contributed by atoms with Gasteiger partial charge in [-0.3, -0.25) is 9.69 Å². The van der Waals surface area contributed by atoms with E-state index in [2.05, 4.69) is 9.97 Å². The fourth-order valence-corrected chi connectivity index (χ4v) is 3.52. The number of anilines is 1. The lowest BCUT2D eigenvalue weighted by Gasteiger charge is -2.16. The second-order valence-electron chi connectivity index (χ2n) is 5.68. The number of amides is 1. The number of halogens is 1. The van der Waals surface area contributed by atoms with Crippen molar-refractivity contribution in [3.8, 4) is 11.4 Å². The number of hydrogen-bond acceptors (Lipinski definition) is 4. The van der Waals surface area contributed by atoms with Gasteiger partial charge in [0.2, 0.25) is 5.91 Å². The van der Waals surface area contributed by atoms with Crippen molar-refractivity contribution >= 4 is 23.1 Å². The first kappa shape index (κ1) is 15.0. The summed E-state index contributed by atoms with van der Waals surface area (Å²) in [5.74, 6) is 0.913. The largest absolute Gasteiger partial charge is 0.291 e. The van der Waals surface area contributed by atoms with E-state index in [0.29, 0.717) is 24.6 Å². The second-order valence-corrected chi connectivity index (χ2v) is 6.71. The van der Waals surface area contributed by atoms with Crippen LogP contribution in [0.15, 0.2) is 41.8 Å². The number of aromatic nitrogens is 2. The molecule has 6 heteroatoms. The molecule has 24 heavy (non-hydrogen) atoms. The molecule has 0 N–H and O–H groups in total. The smallest absolute Gasteiger partial charge is 0.233 e. The summed E-state index contributed by atoms with van der Waals surface area (Å²) in [6.07, 6.45) is 0.330. The Hall–Kier alpha value is -2.60. The SMILES string of the molecule is Cc1nc(-c2ccc(F)cc2)nc2c1CC(=O)N2Cc1cccs1. The molecule has 1 aliphatic heterocycles. The van der Waals surface area contributed by atoms with Crippen LogP contribution in [0.3, 0.4) is 0 Å². The van der Waals surface area contributed by atoms with Crippen LogP contribution in [0, 0.1) is 12.7 Å². The van der Waals surface area contributed by atoms with E-state index >= 15 is 0 Å². The van der Waals surface area contributed by atoms with Gasteiger partial charge in [-0.05, 0) is 42.6 Å². The lowest BCUT2D eigenvalue weighted by Crippen LogP contribution is -2.26. The number of fused-ring (bicyclic) bond motifs is 1. The molecule has 4 nitrogen and oxygen atoms in total. The van der Waals surface area contributed by atoms with Crippen LogP contribution in [0.4, 0.5) is 10.2 Å². The zero-order chi connectivity index (χ0) is 16.7. The van der Waals surface area contributed by atoms with Crippen molar-refractivity contribution in [3.63, 3.8) is 0 Å². The molecule has 0 spiro atoms. The molecular weight excluding hydrogens is 325 g/mol. The molecule has 3 heterocycles. The van der Waals surface area contributed by atoms with Crippen LogP contribution in [0.1, 0.15) is 16.1 Å². The number of benzene rings is 1. The van der Waals surface area contributed by atoms with Gasteiger partial charge in [-0.15, -0.1) is 11.3 Å². The summed E-state index contributed by atoms with van der Waals surface area (Å²) >= 11 is 1.61. The number of thiophene rings is 1. The van der Waals surface area contributed by atoms with Gasteiger partial charge >= 0.3 is 0 Å². The Morgan fingerprint density at radius 1 is 1.21 bits per heavy atom. The minimum Gasteiger partial charge on any atom is -0.291 e. The monoisotopic (exact) mass is 339 g/mol. The third-order valence-electron chi connectivity index (χ3n) is 4.07. The molecule has 0 unspecified atom stereocenters. The molecule has 0 aliphatic carbocycles. The molecule has 1 aromatic carbocycles. The Balaban J connectivity index is 1.77. The van der Waals surface area contributed by atoms with Gasteiger partial charge in [0.15, 0.2) is 5.82 Å². The van der Waals surface area contributed by atoms with Crippen molar-refractivity contribution in [2.24, 2.45) is 0 Å². The van der Waals surface area contributed by atoms with Crippen LogP contribution in [-0.4, -0.2) is 15.9 Å². The molecule has 120 valence electrons. The first-order valence-electron chi connectivity index (χ1n) is 7.58. The minimum atomic E-state index is -0.300. The summed E-state index contributed by atoms with van der Waals surface area (Å²) in [7, 11) is 0. The van der Waals surface area contributed by atoms with Gasteiger partial charge in [0.1, 0.15) is 11.6 Å². The lowest BCUT2D eigenvalue weighted by molar-refractivity contribution is -0.117. The van der Waals surface area contributed by atoms with E-state index in [1.807, 2.05) is 24.4 Å². The Morgan fingerprint density at radius 2 is 2.00 bits per heavy atom. The van der Waals surface area contributed by atoms with E-state index in [1.54, 1.807) is 28.4 Å². The molecule has 0 saturated heterocycles. The van der Waals surface area contributed by atoms with Crippen LogP contribution in [0.2, 0.25) is 0 Å². The minimum absolute atomic E-state index is 0.0343. The van der Waals surface area contributed by atoms with E-state index in [4.69, 9.17) is 0 Å². The van der Waals surface area contributed by atoms with Crippen LogP contribution >= 0.6 is 11.3 Å². The van der Waals surface area contributed by atoms with E-state index in [9.17, 15) is 9.18 Å². The van der Waals surface area contributed by atoms with Crippen LogP contribution in [0.25, 0.3) is 11.4 Å². The van der Waals surface area contributed by atoms with Crippen LogP contribution in [0.5, 0.6) is 0 Å². The summed E-state index contributed by atoms with van der Waals surface area (Å²) in [5, 5.41) is 1.99. The van der Waals surface area contributed by atoms with Gasteiger partial charge in [-0.1, -0.05) is 6.07 Å². The normalized spacial score (nSPS) is 13.4. The predicted octanol–water partition coefficient (Wildman–Crippen LogP) is 3.74. The first-order valence-corrected chi connectivity index (χ1v) is 8.46. The molecule has 0 saturated carbocycles. The van der Waals surface area contributed by atoms with Crippen LogP contribution in [-0.2, 0) is 17.8 Å². The van der Waals surface area contributed by atoms with E-state index in [-0.39, 0.29) is 11.7 Å². The highest BCUT2D eigenvalue weighted by Gasteiger charge is 2.31.